The van der Waals surface area contributed by atoms with Crippen molar-refractivity contribution in [3.63, 3.8) is 0 Å². The van der Waals surface area contributed by atoms with E-state index in [2.05, 4.69) is 10.1 Å². The molecular formula is C17H20N2O6. The quantitative estimate of drug-likeness (QED) is 0.763. The Morgan fingerprint density at radius 2 is 2.04 bits per heavy atom. The number of ether oxygens (including phenoxy) is 3. The second-order valence-electron chi connectivity index (χ2n) is 5.83. The molecule has 1 atom stereocenters. The standard InChI is InChI=1S/C17H20N2O6/c1-23-16(21)10-12-17(22)18-4-5-19(12)15(20)9-11-2-3-13-14(8-11)25-7-6-24-13/h2-3,8,12H,4-7,9-10H2,1H3,(H,18,22). The molecule has 1 N–H and O–H groups in total. The second-order valence-corrected chi connectivity index (χ2v) is 5.83. The van der Waals surface area contributed by atoms with E-state index in [-0.39, 0.29) is 24.7 Å². The van der Waals surface area contributed by atoms with Gasteiger partial charge < -0.3 is 24.4 Å². The molecule has 0 spiro atoms. The first kappa shape index (κ1) is 17.1. The molecule has 2 amide bonds. The molecule has 8 heteroatoms. The van der Waals surface area contributed by atoms with Crippen LogP contribution in [0.5, 0.6) is 11.5 Å². The van der Waals surface area contributed by atoms with Crippen LogP contribution in [0.4, 0.5) is 0 Å². The number of methoxy groups -OCH3 is 1. The summed E-state index contributed by atoms with van der Waals surface area (Å²) in [5.41, 5.74) is 0.761. The van der Waals surface area contributed by atoms with Gasteiger partial charge in [0.2, 0.25) is 11.8 Å². The van der Waals surface area contributed by atoms with E-state index in [1.807, 2.05) is 0 Å². The second kappa shape index (κ2) is 7.42. The van der Waals surface area contributed by atoms with Crippen molar-refractivity contribution in [3.05, 3.63) is 23.8 Å². The van der Waals surface area contributed by atoms with Crippen molar-refractivity contribution in [2.24, 2.45) is 0 Å². The molecule has 8 nitrogen and oxygen atoms in total. The number of amides is 2. The normalized spacial score (nSPS) is 19.2. The van der Waals surface area contributed by atoms with E-state index in [4.69, 9.17) is 9.47 Å². The molecule has 2 aliphatic rings. The van der Waals surface area contributed by atoms with Gasteiger partial charge in [-0.1, -0.05) is 6.07 Å². The maximum Gasteiger partial charge on any atom is 0.308 e. The van der Waals surface area contributed by atoms with Crippen LogP contribution in [0.25, 0.3) is 0 Å². The summed E-state index contributed by atoms with van der Waals surface area (Å²) in [6.45, 7) is 1.70. The highest BCUT2D eigenvalue weighted by Crippen LogP contribution is 2.31. The summed E-state index contributed by atoms with van der Waals surface area (Å²) >= 11 is 0. The summed E-state index contributed by atoms with van der Waals surface area (Å²) < 4.78 is 15.6. The van der Waals surface area contributed by atoms with Crippen LogP contribution in [0, 0.1) is 0 Å². The molecule has 0 bridgehead atoms. The van der Waals surface area contributed by atoms with Gasteiger partial charge in [0.05, 0.1) is 20.0 Å². The zero-order valence-corrected chi connectivity index (χ0v) is 13.9. The molecule has 1 fully saturated rings. The van der Waals surface area contributed by atoms with Gasteiger partial charge in [0, 0.05) is 13.1 Å². The molecule has 25 heavy (non-hydrogen) atoms. The van der Waals surface area contributed by atoms with Crippen LogP contribution in [0.1, 0.15) is 12.0 Å². The first-order valence-electron chi connectivity index (χ1n) is 8.11. The predicted octanol–water partition coefficient (Wildman–Crippen LogP) is -0.110. The molecule has 1 aromatic rings. The van der Waals surface area contributed by atoms with Gasteiger partial charge in [-0.05, 0) is 17.7 Å². The number of hydrogen-bond acceptors (Lipinski definition) is 6. The molecule has 1 aromatic carbocycles. The lowest BCUT2D eigenvalue weighted by Crippen LogP contribution is -2.58. The summed E-state index contributed by atoms with van der Waals surface area (Å²) in [7, 11) is 1.25. The van der Waals surface area contributed by atoms with E-state index in [1.165, 1.54) is 12.0 Å². The Bertz CT molecular complexity index is 690. The third-order valence-corrected chi connectivity index (χ3v) is 4.20. The fraction of sp³-hybridized carbons (Fsp3) is 0.471. The number of esters is 1. The van der Waals surface area contributed by atoms with Crippen LogP contribution >= 0.6 is 0 Å². The van der Waals surface area contributed by atoms with E-state index in [0.29, 0.717) is 37.8 Å². The van der Waals surface area contributed by atoms with Crippen molar-refractivity contribution >= 4 is 17.8 Å². The van der Waals surface area contributed by atoms with Gasteiger partial charge in [-0.15, -0.1) is 0 Å². The number of fused-ring (bicyclic) bond motifs is 1. The number of rotatable bonds is 4. The smallest absolute Gasteiger partial charge is 0.308 e. The summed E-state index contributed by atoms with van der Waals surface area (Å²) in [5, 5.41) is 2.67. The Kier molecular flexibility index (Phi) is 5.06. The Morgan fingerprint density at radius 1 is 1.28 bits per heavy atom. The lowest BCUT2D eigenvalue weighted by molar-refractivity contribution is -0.150. The third kappa shape index (κ3) is 3.84. The maximum absolute atomic E-state index is 12.7. The first-order chi connectivity index (χ1) is 12.1. The fourth-order valence-electron chi connectivity index (χ4n) is 2.93. The van der Waals surface area contributed by atoms with Gasteiger partial charge in [0.15, 0.2) is 11.5 Å². The molecule has 2 aliphatic heterocycles. The molecular weight excluding hydrogens is 328 g/mol. The lowest BCUT2D eigenvalue weighted by atomic mass is 10.1. The Balaban J connectivity index is 1.72. The maximum atomic E-state index is 12.7. The number of hydrogen-bond donors (Lipinski definition) is 1. The molecule has 1 unspecified atom stereocenters. The number of nitrogens with zero attached hydrogens (tertiary/aromatic N) is 1. The van der Waals surface area contributed by atoms with Crippen molar-refractivity contribution in [2.45, 2.75) is 18.9 Å². The summed E-state index contributed by atoms with van der Waals surface area (Å²) in [5.74, 6) is 0.175. The molecule has 0 radical (unpaired) electrons. The number of carbonyl (C=O) groups is 3. The van der Waals surface area contributed by atoms with Crippen molar-refractivity contribution in [2.75, 3.05) is 33.4 Å². The number of piperazine rings is 1. The predicted molar refractivity (Wildman–Crippen MR) is 86.3 cm³/mol. The fourth-order valence-corrected chi connectivity index (χ4v) is 2.93. The van der Waals surface area contributed by atoms with Gasteiger partial charge in [-0.25, -0.2) is 0 Å². The lowest BCUT2D eigenvalue weighted by Gasteiger charge is -2.34. The van der Waals surface area contributed by atoms with Crippen molar-refractivity contribution < 1.29 is 28.6 Å². The summed E-state index contributed by atoms with van der Waals surface area (Å²) in [4.78, 5) is 37.7. The summed E-state index contributed by atoms with van der Waals surface area (Å²) in [6, 6.07) is 4.49. The van der Waals surface area contributed by atoms with Gasteiger partial charge in [0.25, 0.3) is 0 Å². The average Bonchev–Trinajstić information content (AvgIpc) is 2.63. The van der Waals surface area contributed by atoms with Crippen molar-refractivity contribution in [1.29, 1.82) is 0 Å². The Labute approximate surface area is 145 Å². The van der Waals surface area contributed by atoms with E-state index in [9.17, 15) is 14.4 Å². The first-order valence-corrected chi connectivity index (χ1v) is 8.11. The van der Waals surface area contributed by atoms with Gasteiger partial charge in [0.1, 0.15) is 19.3 Å². The third-order valence-electron chi connectivity index (χ3n) is 4.20. The molecule has 0 aliphatic carbocycles. The van der Waals surface area contributed by atoms with Crippen LogP contribution in [0.2, 0.25) is 0 Å². The number of carbonyl (C=O) groups excluding carboxylic acids is 3. The van der Waals surface area contributed by atoms with Gasteiger partial charge >= 0.3 is 5.97 Å². The minimum Gasteiger partial charge on any atom is -0.486 e. The van der Waals surface area contributed by atoms with E-state index in [1.54, 1.807) is 18.2 Å². The zero-order chi connectivity index (χ0) is 17.8. The van der Waals surface area contributed by atoms with Gasteiger partial charge in [-0.3, -0.25) is 14.4 Å². The Hall–Kier alpha value is -2.77. The number of benzene rings is 1. The molecule has 2 heterocycles. The largest absolute Gasteiger partial charge is 0.486 e. The average molecular weight is 348 g/mol. The van der Waals surface area contributed by atoms with E-state index < -0.39 is 12.0 Å². The minimum absolute atomic E-state index is 0.113. The highest BCUT2D eigenvalue weighted by molar-refractivity contribution is 5.92. The van der Waals surface area contributed by atoms with E-state index >= 15 is 0 Å². The molecule has 0 aromatic heterocycles. The van der Waals surface area contributed by atoms with Gasteiger partial charge in [-0.2, -0.15) is 0 Å². The Morgan fingerprint density at radius 3 is 2.80 bits per heavy atom. The molecule has 1 saturated heterocycles. The van der Waals surface area contributed by atoms with Crippen LogP contribution in [0.15, 0.2) is 18.2 Å². The molecule has 0 saturated carbocycles. The monoisotopic (exact) mass is 348 g/mol. The highest BCUT2D eigenvalue weighted by Gasteiger charge is 2.34. The number of nitrogens with one attached hydrogen (secondary N) is 1. The van der Waals surface area contributed by atoms with Crippen LogP contribution in [-0.2, 0) is 25.5 Å². The van der Waals surface area contributed by atoms with Crippen LogP contribution < -0.4 is 14.8 Å². The SMILES string of the molecule is COC(=O)CC1C(=O)NCCN1C(=O)Cc1ccc2c(c1)OCCO2. The highest BCUT2D eigenvalue weighted by atomic mass is 16.6. The topological polar surface area (TPSA) is 94.2 Å². The summed E-state index contributed by atoms with van der Waals surface area (Å²) in [6.07, 6.45) is -0.0448. The van der Waals surface area contributed by atoms with Crippen LogP contribution in [-0.4, -0.2) is 62.1 Å². The molecule has 3 rings (SSSR count). The van der Waals surface area contributed by atoms with Crippen LogP contribution in [0.3, 0.4) is 0 Å². The molecule has 134 valence electrons. The zero-order valence-electron chi connectivity index (χ0n) is 13.9. The van der Waals surface area contributed by atoms with E-state index in [0.717, 1.165) is 5.56 Å². The van der Waals surface area contributed by atoms with Crippen molar-refractivity contribution in [3.8, 4) is 11.5 Å². The van der Waals surface area contributed by atoms with Crippen molar-refractivity contribution in [1.82, 2.24) is 10.2 Å². The minimum atomic E-state index is -0.842.